The molecule has 0 unspecified atom stereocenters. The number of rotatable bonds is 8. The third-order valence-electron chi connectivity index (χ3n) is 3.18. The van der Waals surface area contributed by atoms with Gasteiger partial charge in [0.25, 0.3) is 0 Å². The van der Waals surface area contributed by atoms with Gasteiger partial charge in [-0.25, -0.2) is 13.1 Å². The molecule has 116 valence electrons. The molecule has 2 heterocycles. The van der Waals surface area contributed by atoms with Crippen LogP contribution in [0, 0.1) is 6.92 Å². The first-order valence-corrected chi connectivity index (χ1v) is 9.10. The molecule has 0 fully saturated rings. The fourth-order valence-electron chi connectivity index (χ4n) is 2.05. The smallest absolute Gasteiger partial charge is 0.241 e. The van der Waals surface area contributed by atoms with Crippen molar-refractivity contribution in [3.8, 4) is 0 Å². The van der Waals surface area contributed by atoms with Gasteiger partial charge in [-0.15, -0.1) is 11.3 Å². The zero-order chi connectivity index (χ0) is 15.3. The summed E-state index contributed by atoms with van der Waals surface area (Å²) in [5.74, 6) is 0. The van der Waals surface area contributed by atoms with Crippen LogP contribution < -0.4 is 10.0 Å². The molecule has 0 aromatic carbocycles. The molecule has 0 atom stereocenters. The molecular formula is C13H20N4O2S2. The van der Waals surface area contributed by atoms with E-state index in [0.717, 1.165) is 29.0 Å². The lowest BCUT2D eigenvalue weighted by molar-refractivity contribution is 0.578. The molecule has 6 nitrogen and oxygen atoms in total. The predicted molar refractivity (Wildman–Crippen MR) is 83.9 cm³/mol. The fraction of sp³-hybridized carbons (Fsp3) is 0.462. The van der Waals surface area contributed by atoms with Crippen LogP contribution in [0.1, 0.15) is 22.6 Å². The Bertz CT molecular complexity index is 676. The van der Waals surface area contributed by atoms with E-state index in [2.05, 4.69) is 20.2 Å². The van der Waals surface area contributed by atoms with Gasteiger partial charge in [-0.1, -0.05) is 0 Å². The Morgan fingerprint density at radius 1 is 1.43 bits per heavy atom. The third kappa shape index (κ3) is 4.13. The highest BCUT2D eigenvalue weighted by Crippen LogP contribution is 2.21. The topological polar surface area (TPSA) is 86.9 Å². The highest BCUT2D eigenvalue weighted by atomic mass is 32.2. The van der Waals surface area contributed by atoms with Crippen LogP contribution in [0.5, 0.6) is 0 Å². The number of aryl methyl sites for hydroxylation is 2. The van der Waals surface area contributed by atoms with Crippen LogP contribution in [0.25, 0.3) is 0 Å². The van der Waals surface area contributed by atoms with Crippen LogP contribution in [-0.2, 0) is 23.0 Å². The molecule has 2 rings (SSSR count). The molecular weight excluding hydrogens is 308 g/mol. The van der Waals surface area contributed by atoms with Crippen molar-refractivity contribution in [1.82, 2.24) is 20.2 Å². The van der Waals surface area contributed by atoms with Crippen molar-refractivity contribution in [1.29, 1.82) is 0 Å². The highest BCUT2D eigenvalue weighted by Gasteiger charge is 2.18. The molecule has 0 bridgehead atoms. The summed E-state index contributed by atoms with van der Waals surface area (Å²) in [5.41, 5.74) is 2.16. The maximum absolute atomic E-state index is 12.3. The summed E-state index contributed by atoms with van der Waals surface area (Å²) in [7, 11) is -1.62. The van der Waals surface area contributed by atoms with Crippen molar-refractivity contribution in [2.45, 2.75) is 31.2 Å². The van der Waals surface area contributed by atoms with Crippen molar-refractivity contribution in [3.05, 3.63) is 33.8 Å². The Labute approximate surface area is 129 Å². The molecule has 3 N–H and O–H groups in total. The van der Waals surface area contributed by atoms with Gasteiger partial charge >= 0.3 is 0 Å². The molecule has 0 saturated carbocycles. The maximum atomic E-state index is 12.3. The second-order valence-electron chi connectivity index (χ2n) is 4.76. The highest BCUT2D eigenvalue weighted by molar-refractivity contribution is 7.89. The van der Waals surface area contributed by atoms with Gasteiger partial charge in [0.2, 0.25) is 10.0 Å². The summed E-state index contributed by atoms with van der Waals surface area (Å²) in [4.78, 5) is 1.21. The summed E-state index contributed by atoms with van der Waals surface area (Å²) >= 11 is 1.45. The number of sulfonamides is 1. The first-order valence-electron chi connectivity index (χ1n) is 6.74. The molecule has 0 saturated heterocycles. The summed E-state index contributed by atoms with van der Waals surface area (Å²) in [5, 5.41) is 11.6. The lowest BCUT2D eigenvalue weighted by Crippen LogP contribution is -2.26. The minimum atomic E-state index is -3.42. The summed E-state index contributed by atoms with van der Waals surface area (Å²) in [6, 6.07) is 1.65. The van der Waals surface area contributed by atoms with Gasteiger partial charge < -0.3 is 5.32 Å². The van der Waals surface area contributed by atoms with Gasteiger partial charge in [-0.05, 0) is 43.8 Å². The van der Waals surface area contributed by atoms with Gasteiger partial charge in [0, 0.05) is 23.7 Å². The number of hydrogen-bond donors (Lipinski definition) is 3. The van der Waals surface area contributed by atoms with Crippen molar-refractivity contribution >= 4 is 21.4 Å². The average Bonchev–Trinajstić information content (AvgIpc) is 3.05. The Hall–Kier alpha value is -1.22. The number of H-pyrrole nitrogens is 1. The van der Waals surface area contributed by atoms with E-state index in [9.17, 15) is 8.42 Å². The Morgan fingerprint density at radius 2 is 2.24 bits per heavy atom. The minimum absolute atomic E-state index is 0.376. The zero-order valence-corrected chi connectivity index (χ0v) is 13.8. The van der Waals surface area contributed by atoms with Gasteiger partial charge in [0.1, 0.15) is 0 Å². The van der Waals surface area contributed by atoms with Gasteiger partial charge in [-0.2, -0.15) is 5.10 Å². The van der Waals surface area contributed by atoms with E-state index in [0.29, 0.717) is 18.0 Å². The van der Waals surface area contributed by atoms with E-state index in [1.54, 1.807) is 24.7 Å². The number of nitrogens with one attached hydrogen (secondary N) is 3. The van der Waals surface area contributed by atoms with E-state index < -0.39 is 10.0 Å². The van der Waals surface area contributed by atoms with Gasteiger partial charge in [0.15, 0.2) is 0 Å². The Balaban J connectivity index is 1.89. The molecule has 0 aliphatic rings. The molecule has 8 heteroatoms. The van der Waals surface area contributed by atoms with E-state index >= 15 is 0 Å². The summed E-state index contributed by atoms with van der Waals surface area (Å²) in [6.45, 7) is 2.94. The maximum Gasteiger partial charge on any atom is 0.241 e. The van der Waals surface area contributed by atoms with Crippen LogP contribution >= 0.6 is 11.3 Å². The lowest BCUT2D eigenvalue weighted by Gasteiger charge is -2.07. The second kappa shape index (κ2) is 7.17. The van der Waals surface area contributed by atoms with Crippen molar-refractivity contribution in [2.75, 3.05) is 13.6 Å². The van der Waals surface area contributed by atoms with Crippen LogP contribution in [0.15, 0.2) is 22.5 Å². The molecule has 0 aliphatic carbocycles. The van der Waals surface area contributed by atoms with Crippen LogP contribution in [0.3, 0.4) is 0 Å². The van der Waals surface area contributed by atoms with Crippen LogP contribution in [0.4, 0.5) is 0 Å². The molecule has 0 amide bonds. The molecule has 21 heavy (non-hydrogen) atoms. The first-order chi connectivity index (χ1) is 10.0. The number of nitrogens with zero attached hydrogens (tertiary/aromatic N) is 1. The molecule has 0 aliphatic heterocycles. The van der Waals surface area contributed by atoms with Crippen molar-refractivity contribution in [3.63, 3.8) is 0 Å². The van der Waals surface area contributed by atoms with Crippen LogP contribution in [-0.4, -0.2) is 32.2 Å². The first kappa shape index (κ1) is 16.2. The molecule has 0 radical (unpaired) electrons. The monoisotopic (exact) mass is 328 g/mol. The number of aromatic amines is 1. The summed E-state index contributed by atoms with van der Waals surface area (Å²) in [6.07, 6.45) is 3.33. The van der Waals surface area contributed by atoms with Gasteiger partial charge in [0.05, 0.1) is 11.1 Å². The predicted octanol–water partition coefficient (Wildman–Crippen LogP) is 1.41. The third-order valence-corrected chi connectivity index (χ3v) is 5.78. The summed E-state index contributed by atoms with van der Waals surface area (Å²) < 4.78 is 27.2. The van der Waals surface area contributed by atoms with Crippen LogP contribution in [0.2, 0.25) is 0 Å². The Kier molecular flexibility index (Phi) is 5.51. The zero-order valence-electron chi connectivity index (χ0n) is 12.1. The lowest BCUT2D eigenvalue weighted by atomic mass is 10.1. The normalized spacial score (nSPS) is 11.9. The quantitative estimate of drug-likeness (QED) is 0.640. The average molecular weight is 328 g/mol. The number of hydrogen-bond acceptors (Lipinski definition) is 5. The number of aromatic nitrogens is 2. The number of thiophene rings is 1. The minimum Gasteiger partial charge on any atom is -0.315 e. The van der Waals surface area contributed by atoms with E-state index in [4.69, 9.17) is 0 Å². The van der Waals surface area contributed by atoms with E-state index in [-0.39, 0.29) is 0 Å². The SMILES string of the molecule is CNCc1sccc1S(=O)(=O)NCCCc1cn[nH]c1C. The molecule has 2 aromatic heterocycles. The van der Waals surface area contributed by atoms with E-state index in [1.807, 2.05) is 6.92 Å². The second-order valence-corrected chi connectivity index (χ2v) is 7.50. The van der Waals surface area contributed by atoms with Gasteiger partial charge in [-0.3, -0.25) is 5.10 Å². The molecule has 2 aromatic rings. The largest absolute Gasteiger partial charge is 0.315 e. The van der Waals surface area contributed by atoms with Crippen molar-refractivity contribution < 1.29 is 8.42 Å². The van der Waals surface area contributed by atoms with Crippen molar-refractivity contribution in [2.24, 2.45) is 0 Å². The Morgan fingerprint density at radius 3 is 2.90 bits per heavy atom. The van der Waals surface area contributed by atoms with E-state index in [1.165, 1.54) is 11.3 Å². The molecule has 0 spiro atoms. The standard InChI is InChI=1S/C13H20N4O2S2/c1-10-11(8-15-17-10)4-3-6-16-21(18,19)13-5-7-20-12(13)9-14-2/h5,7-8,14,16H,3-4,6,9H2,1-2H3,(H,15,17). The fourth-order valence-corrected chi connectivity index (χ4v) is 4.58.